The Morgan fingerprint density at radius 2 is 1.93 bits per heavy atom. The van der Waals surface area contributed by atoms with Crippen molar-refractivity contribution in [2.24, 2.45) is 0 Å². The zero-order valence-electron chi connectivity index (χ0n) is 16.7. The number of aromatic hydroxyl groups is 1. The zero-order valence-corrected chi connectivity index (χ0v) is 16.7. The highest BCUT2D eigenvalue weighted by atomic mass is 16.6. The number of para-hydroxylation sites is 1. The van der Waals surface area contributed by atoms with E-state index in [1.807, 2.05) is 32.9 Å². The molecule has 2 aromatic rings. The molecular weight excluding hydrogens is 360 g/mol. The van der Waals surface area contributed by atoms with Crippen molar-refractivity contribution >= 4 is 17.1 Å². The summed E-state index contributed by atoms with van der Waals surface area (Å²) in [7, 11) is 0. The Bertz CT molecular complexity index is 892. The summed E-state index contributed by atoms with van der Waals surface area (Å²) < 4.78 is 10.7. The number of carbonyl (C=O) groups is 1. The summed E-state index contributed by atoms with van der Waals surface area (Å²) in [4.78, 5) is 27.8. The van der Waals surface area contributed by atoms with Crippen LogP contribution >= 0.6 is 0 Å². The summed E-state index contributed by atoms with van der Waals surface area (Å²) >= 11 is 0. The fourth-order valence-electron chi connectivity index (χ4n) is 3.40. The van der Waals surface area contributed by atoms with Gasteiger partial charge in [-0.15, -0.1) is 0 Å². The molecule has 7 nitrogen and oxygen atoms in total. The molecular formula is C21H28N2O5. The van der Waals surface area contributed by atoms with Crippen LogP contribution in [0.4, 0.5) is 4.79 Å². The van der Waals surface area contributed by atoms with Gasteiger partial charge in [-0.3, -0.25) is 4.90 Å². The quantitative estimate of drug-likeness (QED) is 0.811. The molecule has 1 aromatic carbocycles. The first-order valence-electron chi connectivity index (χ1n) is 9.68. The molecule has 0 saturated carbocycles. The minimum absolute atomic E-state index is 0.0497. The van der Waals surface area contributed by atoms with E-state index in [-0.39, 0.29) is 11.8 Å². The first-order valence-corrected chi connectivity index (χ1v) is 9.68. The van der Waals surface area contributed by atoms with Gasteiger partial charge in [0.05, 0.1) is 11.5 Å². The van der Waals surface area contributed by atoms with Crippen LogP contribution in [0.1, 0.15) is 32.8 Å². The Morgan fingerprint density at radius 3 is 2.61 bits per heavy atom. The highest BCUT2D eigenvalue weighted by Crippen LogP contribution is 2.26. The van der Waals surface area contributed by atoms with E-state index in [1.54, 1.807) is 11.0 Å². The topological polar surface area (TPSA) is 83.2 Å². The van der Waals surface area contributed by atoms with E-state index in [2.05, 4.69) is 4.90 Å². The van der Waals surface area contributed by atoms with E-state index in [1.165, 1.54) is 0 Å². The molecule has 2 heterocycles. The average Bonchev–Trinajstić information content (AvgIpc) is 2.61. The van der Waals surface area contributed by atoms with Crippen LogP contribution < -0.4 is 5.63 Å². The normalized spacial score (nSPS) is 15.8. The second-order valence-corrected chi connectivity index (χ2v) is 8.16. The largest absolute Gasteiger partial charge is 0.507 e. The molecule has 0 aliphatic carbocycles. The molecule has 28 heavy (non-hydrogen) atoms. The third-order valence-corrected chi connectivity index (χ3v) is 4.77. The van der Waals surface area contributed by atoms with E-state index >= 15 is 0 Å². The second-order valence-electron chi connectivity index (χ2n) is 8.16. The van der Waals surface area contributed by atoms with Gasteiger partial charge >= 0.3 is 11.7 Å². The molecule has 152 valence electrons. The molecule has 0 atom stereocenters. The third kappa shape index (κ3) is 5.04. The maximum atomic E-state index is 12.1. The van der Waals surface area contributed by atoms with Crippen molar-refractivity contribution in [1.82, 2.24) is 9.80 Å². The lowest BCUT2D eigenvalue weighted by Crippen LogP contribution is -2.50. The van der Waals surface area contributed by atoms with Gasteiger partial charge in [0.25, 0.3) is 0 Å². The molecule has 1 aliphatic rings. The molecule has 1 N–H and O–H groups in total. The summed E-state index contributed by atoms with van der Waals surface area (Å²) in [6.45, 7) is 9.44. The van der Waals surface area contributed by atoms with Crippen molar-refractivity contribution in [3.05, 3.63) is 40.2 Å². The molecule has 0 spiro atoms. The lowest BCUT2D eigenvalue weighted by molar-refractivity contribution is 0.0144. The van der Waals surface area contributed by atoms with Crippen LogP contribution in [0.3, 0.4) is 0 Å². The van der Waals surface area contributed by atoms with Gasteiger partial charge in [-0.05, 0) is 51.8 Å². The predicted octanol–water partition coefficient (Wildman–Crippen LogP) is 2.98. The number of aryl methyl sites for hydroxylation is 1. The lowest BCUT2D eigenvalue weighted by atomic mass is 10.1. The summed E-state index contributed by atoms with van der Waals surface area (Å²) in [5.41, 5.74) is 0.353. The minimum Gasteiger partial charge on any atom is -0.507 e. The van der Waals surface area contributed by atoms with Gasteiger partial charge in [-0.1, -0.05) is 12.1 Å². The van der Waals surface area contributed by atoms with Crippen LogP contribution in [0, 0.1) is 0 Å². The van der Waals surface area contributed by atoms with Gasteiger partial charge in [0.15, 0.2) is 0 Å². The Morgan fingerprint density at radius 1 is 1.21 bits per heavy atom. The maximum absolute atomic E-state index is 12.1. The van der Waals surface area contributed by atoms with E-state index in [9.17, 15) is 14.7 Å². The highest BCUT2D eigenvalue weighted by molar-refractivity contribution is 5.85. The molecule has 1 fully saturated rings. The summed E-state index contributed by atoms with van der Waals surface area (Å²) in [5, 5.41) is 10.5. The number of hydrogen-bond donors (Lipinski definition) is 1. The van der Waals surface area contributed by atoms with Crippen LogP contribution in [0.15, 0.2) is 33.5 Å². The van der Waals surface area contributed by atoms with E-state index in [0.717, 1.165) is 44.1 Å². The number of nitrogens with zero attached hydrogens (tertiary/aromatic N) is 2. The van der Waals surface area contributed by atoms with Crippen molar-refractivity contribution < 1.29 is 19.1 Å². The van der Waals surface area contributed by atoms with Crippen LogP contribution in [0.2, 0.25) is 0 Å². The van der Waals surface area contributed by atoms with E-state index < -0.39 is 11.2 Å². The monoisotopic (exact) mass is 388 g/mol. The van der Waals surface area contributed by atoms with Gasteiger partial charge in [0.2, 0.25) is 0 Å². The van der Waals surface area contributed by atoms with Crippen molar-refractivity contribution in [3.63, 3.8) is 0 Å². The highest BCUT2D eigenvalue weighted by Gasteiger charge is 2.25. The standard InChI is InChI=1S/C21H28N2O5/c1-21(2,3)28-20(26)23-12-10-22(11-13-23)9-5-7-15-6-4-8-16-17(24)14-18(25)27-19(15)16/h4,6,8,14,24H,5,7,9-13H2,1-3H3. The minimum atomic E-state index is -0.546. The summed E-state index contributed by atoms with van der Waals surface area (Å²) in [6, 6.07) is 6.62. The van der Waals surface area contributed by atoms with Crippen molar-refractivity contribution in [3.8, 4) is 5.75 Å². The molecule has 0 bridgehead atoms. The number of ether oxygens (including phenoxy) is 1. The Kier molecular flexibility index (Phi) is 5.93. The smallest absolute Gasteiger partial charge is 0.410 e. The fraction of sp³-hybridized carbons (Fsp3) is 0.524. The molecule has 0 radical (unpaired) electrons. The molecule has 1 saturated heterocycles. The Hall–Kier alpha value is -2.54. The van der Waals surface area contributed by atoms with Crippen LogP contribution in [0.25, 0.3) is 11.0 Å². The molecule has 1 amide bonds. The Labute approximate surface area is 164 Å². The first-order chi connectivity index (χ1) is 13.2. The molecule has 3 rings (SSSR count). The summed E-state index contributed by atoms with van der Waals surface area (Å²) in [6.07, 6.45) is 1.39. The fourth-order valence-corrected chi connectivity index (χ4v) is 3.40. The number of benzene rings is 1. The van der Waals surface area contributed by atoms with E-state index in [0.29, 0.717) is 24.1 Å². The molecule has 7 heteroatoms. The summed E-state index contributed by atoms with van der Waals surface area (Å²) in [5.74, 6) is -0.0497. The van der Waals surface area contributed by atoms with Crippen LogP contribution in [-0.2, 0) is 11.2 Å². The number of fused-ring (bicyclic) bond motifs is 1. The second kappa shape index (κ2) is 8.22. The van der Waals surface area contributed by atoms with E-state index in [4.69, 9.17) is 9.15 Å². The SMILES string of the molecule is CC(C)(C)OC(=O)N1CCN(CCCc2cccc3c(O)cc(=O)oc23)CC1. The zero-order chi connectivity index (χ0) is 20.3. The first kappa shape index (κ1) is 20.2. The number of rotatable bonds is 4. The maximum Gasteiger partial charge on any atom is 0.410 e. The van der Waals surface area contributed by atoms with Crippen LogP contribution in [0.5, 0.6) is 5.75 Å². The predicted molar refractivity (Wildman–Crippen MR) is 107 cm³/mol. The number of piperazine rings is 1. The van der Waals surface area contributed by atoms with Gasteiger partial charge in [0, 0.05) is 26.2 Å². The number of amides is 1. The van der Waals surface area contributed by atoms with Crippen LogP contribution in [-0.4, -0.2) is 59.3 Å². The molecule has 0 unspecified atom stereocenters. The van der Waals surface area contributed by atoms with Gasteiger partial charge < -0.3 is 19.2 Å². The average molecular weight is 388 g/mol. The van der Waals surface area contributed by atoms with Gasteiger partial charge in [-0.2, -0.15) is 0 Å². The van der Waals surface area contributed by atoms with Crippen molar-refractivity contribution in [2.45, 2.75) is 39.2 Å². The van der Waals surface area contributed by atoms with Gasteiger partial charge in [-0.25, -0.2) is 9.59 Å². The molecule has 1 aromatic heterocycles. The lowest BCUT2D eigenvalue weighted by Gasteiger charge is -2.35. The van der Waals surface area contributed by atoms with Gasteiger partial charge in [0.1, 0.15) is 16.9 Å². The Balaban J connectivity index is 1.51. The van der Waals surface area contributed by atoms with Crippen molar-refractivity contribution in [1.29, 1.82) is 0 Å². The number of hydrogen-bond acceptors (Lipinski definition) is 6. The third-order valence-electron chi connectivity index (χ3n) is 4.77. The number of carbonyl (C=O) groups excluding carboxylic acids is 1. The van der Waals surface area contributed by atoms with Crippen molar-refractivity contribution in [2.75, 3.05) is 32.7 Å². The molecule has 1 aliphatic heterocycles.